The molecule has 1 N–H and O–H groups in total. The van der Waals surface area contributed by atoms with Gasteiger partial charge in [0, 0.05) is 19.1 Å². The van der Waals surface area contributed by atoms with Crippen molar-refractivity contribution in [2.75, 3.05) is 33.7 Å². The van der Waals surface area contributed by atoms with Gasteiger partial charge in [0.15, 0.2) is 0 Å². The highest BCUT2D eigenvalue weighted by Crippen LogP contribution is 2.40. The van der Waals surface area contributed by atoms with Crippen molar-refractivity contribution in [3.05, 3.63) is 0 Å². The van der Waals surface area contributed by atoms with Gasteiger partial charge in [-0.25, -0.2) is 0 Å². The first-order valence-corrected chi connectivity index (χ1v) is 6.43. The van der Waals surface area contributed by atoms with E-state index in [9.17, 15) is 4.79 Å². The average Bonchev–Trinajstić information content (AvgIpc) is 2.52. The Labute approximate surface area is 105 Å². The molecule has 1 aliphatic carbocycles. The van der Waals surface area contributed by atoms with Crippen LogP contribution < -0.4 is 0 Å². The highest BCUT2D eigenvalue weighted by molar-refractivity contribution is 5.69. The fourth-order valence-electron chi connectivity index (χ4n) is 2.83. The van der Waals surface area contributed by atoms with Gasteiger partial charge in [0.2, 0.25) is 0 Å². The lowest BCUT2D eigenvalue weighted by Gasteiger charge is -2.37. The highest BCUT2D eigenvalue weighted by atomic mass is 16.4. The maximum Gasteiger partial charge on any atom is 0.317 e. The van der Waals surface area contributed by atoms with Crippen molar-refractivity contribution in [1.29, 1.82) is 0 Å². The second kappa shape index (κ2) is 5.83. The molecule has 100 valence electrons. The maximum atomic E-state index is 11.0. The molecule has 1 rings (SSSR count). The summed E-state index contributed by atoms with van der Waals surface area (Å²) in [6, 6.07) is 0.415. The van der Waals surface area contributed by atoms with Gasteiger partial charge < -0.3 is 10.0 Å². The van der Waals surface area contributed by atoms with Crippen LogP contribution in [0.3, 0.4) is 0 Å². The minimum atomic E-state index is -0.716. The zero-order valence-corrected chi connectivity index (χ0v) is 11.6. The van der Waals surface area contributed by atoms with E-state index in [-0.39, 0.29) is 12.0 Å². The normalized spacial score (nSPS) is 23.5. The number of hydrogen-bond donors (Lipinski definition) is 1. The van der Waals surface area contributed by atoms with Crippen LogP contribution in [0.25, 0.3) is 0 Å². The molecule has 1 fully saturated rings. The molecule has 1 atom stereocenters. The summed E-state index contributed by atoms with van der Waals surface area (Å²) in [7, 11) is 4.05. The van der Waals surface area contributed by atoms with Crippen molar-refractivity contribution < 1.29 is 9.90 Å². The van der Waals surface area contributed by atoms with Crippen molar-refractivity contribution in [2.24, 2.45) is 5.41 Å². The first kappa shape index (κ1) is 14.5. The van der Waals surface area contributed by atoms with E-state index in [1.54, 1.807) is 0 Å². The third-order valence-electron chi connectivity index (χ3n) is 3.81. The lowest BCUT2D eigenvalue weighted by atomic mass is 9.86. The topological polar surface area (TPSA) is 43.8 Å². The van der Waals surface area contributed by atoms with E-state index < -0.39 is 5.97 Å². The van der Waals surface area contributed by atoms with Crippen molar-refractivity contribution in [2.45, 2.75) is 39.2 Å². The largest absolute Gasteiger partial charge is 0.480 e. The number of nitrogens with zero attached hydrogens (tertiary/aromatic N) is 2. The third-order valence-corrected chi connectivity index (χ3v) is 3.81. The summed E-state index contributed by atoms with van der Waals surface area (Å²) < 4.78 is 0. The van der Waals surface area contributed by atoms with E-state index in [0.717, 1.165) is 19.5 Å². The van der Waals surface area contributed by atoms with Gasteiger partial charge in [-0.1, -0.05) is 20.3 Å². The first-order chi connectivity index (χ1) is 7.83. The molecular formula is C13H26N2O2. The van der Waals surface area contributed by atoms with Crippen LogP contribution >= 0.6 is 0 Å². The molecule has 17 heavy (non-hydrogen) atoms. The molecule has 0 aliphatic heterocycles. The van der Waals surface area contributed by atoms with Gasteiger partial charge in [-0.3, -0.25) is 9.69 Å². The number of rotatable bonds is 6. The molecule has 0 saturated heterocycles. The van der Waals surface area contributed by atoms with Gasteiger partial charge in [0.1, 0.15) is 0 Å². The molecule has 4 nitrogen and oxygen atoms in total. The van der Waals surface area contributed by atoms with Gasteiger partial charge in [-0.15, -0.1) is 0 Å². The van der Waals surface area contributed by atoms with Crippen molar-refractivity contribution in [3.63, 3.8) is 0 Å². The number of carboxylic acids is 1. The summed E-state index contributed by atoms with van der Waals surface area (Å²) in [4.78, 5) is 15.2. The number of likely N-dealkylation sites (N-methyl/N-ethyl adjacent to an activating group) is 1. The summed E-state index contributed by atoms with van der Waals surface area (Å²) in [5, 5.41) is 9.02. The van der Waals surface area contributed by atoms with Crippen LogP contribution in [-0.2, 0) is 4.79 Å². The van der Waals surface area contributed by atoms with Crippen LogP contribution in [0.4, 0.5) is 0 Å². The Morgan fingerprint density at radius 2 is 2.00 bits per heavy atom. The van der Waals surface area contributed by atoms with Gasteiger partial charge in [0.05, 0.1) is 6.54 Å². The summed E-state index contributed by atoms with van der Waals surface area (Å²) in [5.41, 5.74) is 0.252. The molecular weight excluding hydrogens is 216 g/mol. The molecule has 1 saturated carbocycles. The predicted octanol–water partition coefficient (Wildman–Crippen LogP) is 1.51. The number of carboxylic acid groups (broad SMARTS) is 1. The molecule has 4 heteroatoms. The second-order valence-corrected chi connectivity index (χ2v) is 6.06. The number of aliphatic carboxylic acids is 1. The van der Waals surface area contributed by atoms with Gasteiger partial charge >= 0.3 is 5.97 Å². The van der Waals surface area contributed by atoms with Crippen LogP contribution in [0.2, 0.25) is 0 Å². The molecule has 1 aliphatic rings. The van der Waals surface area contributed by atoms with Crippen LogP contribution in [0.5, 0.6) is 0 Å². The molecule has 0 radical (unpaired) electrons. The molecule has 0 heterocycles. The van der Waals surface area contributed by atoms with E-state index in [0.29, 0.717) is 6.04 Å². The lowest BCUT2D eigenvalue weighted by Crippen LogP contribution is -2.47. The number of carbonyl (C=O) groups is 1. The molecule has 0 aromatic heterocycles. The van der Waals surface area contributed by atoms with E-state index in [4.69, 9.17) is 5.11 Å². The highest BCUT2D eigenvalue weighted by Gasteiger charge is 2.38. The monoisotopic (exact) mass is 242 g/mol. The van der Waals surface area contributed by atoms with E-state index >= 15 is 0 Å². The number of hydrogen-bond acceptors (Lipinski definition) is 3. The van der Waals surface area contributed by atoms with Gasteiger partial charge in [0.25, 0.3) is 0 Å². The Balaban J connectivity index is 2.64. The molecule has 0 aromatic carbocycles. The molecule has 0 bridgehead atoms. The SMILES string of the molecule is CN(C)CCN(CC(=O)O)C1CCCC1(C)C. The molecule has 0 spiro atoms. The minimum absolute atomic E-state index is 0.169. The summed E-state index contributed by atoms with van der Waals surface area (Å²) in [6.07, 6.45) is 3.55. The Hall–Kier alpha value is -0.610. The second-order valence-electron chi connectivity index (χ2n) is 6.06. The Bertz CT molecular complexity index is 264. The first-order valence-electron chi connectivity index (χ1n) is 6.43. The van der Waals surface area contributed by atoms with Crippen molar-refractivity contribution >= 4 is 5.97 Å². The van der Waals surface area contributed by atoms with Crippen molar-refractivity contribution in [1.82, 2.24) is 9.80 Å². The van der Waals surface area contributed by atoms with Crippen molar-refractivity contribution in [3.8, 4) is 0 Å². The predicted molar refractivity (Wildman–Crippen MR) is 69.2 cm³/mol. The van der Waals surface area contributed by atoms with E-state index in [1.807, 2.05) is 14.1 Å². The van der Waals surface area contributed by atoms with Crippen LogP contribution in [0.1, 0.15) is 33.1 Å². The van der Waals surface area contributed by atoms with E-state index in [2.05, 4.69) is 23.6 Å². The summed E-state index contributed by atoms with van der Waals surface area (Å²) >= 11 is 0. The van der Waals surface area contributed by atoms with E-state index in [1.165, 1.54) is 12.8 Å². The van der Waals surface area contributed by atoms with Crippen LogP contribution in [0.15, 0.2) is 0 Å². The van der Waals surface area contributed by atoms with Gasteiger partial charge in [-0.05, 0) is 32.4 Å². The summed E-state index contributed by atoms with van der Waals surface area (Å²) in [6.45, 7) is 6.44. The Kier molecular flexibility index (Phi) is 4.95. The third kappa shape index (κ3) is 4.28. The fraction of sp³-hybridized carbons (Fsp3) is 0.923. The average molecular weight is 242 g/mol. The molecule has 0 aromatic rings. The molecule has 1 unspecified atom stereocenters. The lowest BCUT2D eigenvalue weighted by molar-refractivity contribution is -0.139. The zero-order chi connectivity index (χ0) is 13.1. The maximum absolute atomic E-state index is 11.0. The summed E-state index contributed by atoms with van der Waals surface area (Å²) in [5.74, 6) is -0.716. The molecule has 0 amide bonds. The van der Waals surface area contributed by atoms with Crippen LogP contribution in [-0.4, -0.2) is 60.6 Å². The zero-order valence-electron chi connectivity index (χ0n) is 11.6. The van der Waals surface area contributed by atoms with Gasteiger partial charge in [-0.2, -0.15) is 0 Å². The Morgan fingerprint density at radius 1 is 1.35 bits per heavy atom. The van der Waals surface area contributed by atoms with Crippen LogP contribution in [0, 0.1) is 5.41 Å². The quantitative estimate of drug-likeness (QED) is 0.767. The Morgan fingerprint density at radius 3 is 2.41 bits per heavy atom. The standard InChI is InChI=1S/C13H26N2O2/c1-13(2)7-5-6-11(13)15(10-12(16)17)9-8-14(3)4/h11H,5-10H2,1-4H3,(H,16,17). The smallest absolute Gasteiger partial charge is 0.317 e. The fourth-order valence-corrected chi connectivity index (χ4v) is 2.83. The minimum Gasteiger partial charge on any atom is -0.480 e.